The van der Waals surface area contributed by atoms with Gasteiger partial charge in [0.25, 0.3) is 0 Å². The Balaban J connectivity index is 1.92. The first-order valence-electron chi connectivity index (χ1n) is 6.92. The molecule has 0 aliphatic carbocycles. The summed E-state index contributed by atoms with van der Waals surface area (Å²) in [6, 6.07) is 6.33. The molecule has 0 unspecified atom stereocenters. The van der Waals surface area contributed by atoms with Crippen LogP contribution in [-0.4, -0.2) is 60.0 Å². The van der Waals surface area contributed by atoms with Crippen LogP contribution in [0.5, 0.6) is 0 Å². The molecule has 1 aliphatic heterocycles. The number of Topliss-reactive ketones (excluding diaryl/α,β-unsaturated/α-hetero) is 1. The number of nitrogens with zero attached hydrogens (tertiary/aromatic N) is 2. The first kappa shape index (κ1) is 15.7. The van der Waals surface area contributed by atoms with Gasteiger partial charge >= 0.3 is 11.8 Å². The van der Waals surface area contributed by atoms with E-state index in [1.165, 1.54) is 11.8 Å². The van der Waals surface area contributed by atoms with Crippen molar-refractivity contribution in [3.8, 4) is 0 Å². The Morgan fingerprint density at radius 2 is 1.64 bits per heavy atom. The van der Waals surface area contributed by atoms with Gasteiger partial charge in [-0.25, -0.2) is 0 Å². The Hall–Kier alpha value is -2.70. The fourth-order valence-corrected chi connectivity index (χ4v) is 2.15. The maximum Gasteiger partial charge on any atom is 0.313 e. The van der Waals surface area contributed by atoms with Crippen LogP contribution in [0.1, 0.15) is 17.3 Å². The fraction of sp³-hybridized carbons (Fsp3) is 0.333. The second kappa shape index (κ2) is 6.84. The number of hydrogen-bond acceptors (Lipinski definition) is 4. The topological polar surface area (TPSA) is 86.8 Å². The van der Waals surface area contributed by atoms with E-state index in [0.717, 1.165) is 6.41 Å². The lowest BCUT2D eigenvalue weighted by atomic mass is 10.1. The Morgan fingerprint density at radius 3 is 2.14 bits per heavy atom. The molecule has 7 nitrogen and oxygen atoms in total. The molecular formula is C15H17N3O4. The zero-order valence-corrected chi connectivity index (χ0v) is 12.2. The molecule has 7 heteroatoms. The maximum absolute atomic E-state index is 12.0. The van der Waals surface area contributed by atoms with E-state index in [2.05, 4.69) is 5.32 Å². The van der Waals surface area contributed by atoms with Crippen LogP contribution in [0.3, 0.4) is 0 Å². The fourth-order valence-electron chi connectivity index (χ4n) is 2.15. The Morgan fingerprint density at radius 1 is 1.05 bits per heavy atom. The third kappa shape index (κ3) is 3.69. The molecule has 0 aromatic heterocycles. The highest BCUT2D eigenvalue weighted by molar-refractivity contribution is 6.39. The number of anilines is 1. The van der Waals surface area contributed by atoms with Crippen molar-refractivity contribution >= 4 is 29.7 Å². The van der Waals surface area contributed by atoms with Gasteiger partial charge in [0.2, 0.25) is 6.41 Å². The van der Waals surface area contributed by atoms with Crippen molar-refractivity contribution in [2.75, 3.05) is 31.5 Å². The lowest BCUT2D eigenvalue weighted by Crippen LogP contribution is -2.51. The van der Waals surface area contributed by atoms with Crippen LogP contribution >= 0.6 is 0 Å². The van der Waals surface area contributed by atoms with Gasteiger partial charge in [0.15, 0.2) is 5.78 Å². The highest BCUT2D eigenvalue weighted by atomic mass is 16.2. The molecule has 1 N–H and O–H groups in total. The second-order valence-electron chi connectivity index (χ2n) is 5.02. The predicted octanol–water partition coefficient (Wildman–Crippen LogP) is 0.128. The highest BCUT2D eigenvalue weighted by Gasteiger charge is 2.25. The van der Waals surface area contributed by atoms with Gasteiger partial charge < -0.3 is 15.1 Å². The van der Waals surface area contributed by atoms with E-state index in [-0.39, 0.29) is 5.78 Å². The monoisotopic (exact) mass is 303 g/mol. The number of carbonyl (C=O) groups is 4. The van der Waals surface area contributed by atoms with Crippen LogP contribution in [0.25, 0.3) is 0 Å². The largest absolute Gasteiger partial charge is 0.342 e. The molecule has 0 spiro atoms. The lowest BCUT2D eigenvalue weighted by molar-refractivity contribution is -0.144. The van der Waals surface area contributed by atoms with Crippen molar-refractivity contribution in [3.05, 3.63) is 29.8 Å². The zero-order valence-electron chi connectivity index (χ0n) is 12.2. The summed E-state index contributed by atoms with van der Waals surface area (Å²) in [7, 11) is 0. The van der Waals surface area contributed by atoms with Crippen molar-refractivity contribution in [1.82, 2.24) is 9.80 Å². The van der Waals surface area contributed by atoms with Gasteiger partial charge in [-0.2, -0.15) is 0 Å². The van der Waals surface area contributed by atoms with Gasteiger partial charge in [0.1, 0.15) is 0 Å². The van der Waals surface area contributed by atoms with Crippen LogP contribution in [0, 0.1) is 0 Å². The molecule has 1 heterocycles. The van der Waals surface area contributed by atoms with E-state index in [9.17, 15) is 19.2 Å². The van der Waals surface area contributed by atoms with Gasteiger partial charge in [-0.15, -0.1) is 0 Å². The summed E-state index contributed by atoms with van der Waals surface area (Å²) in [5.74, 6) is -1.42. The van der Waals surface area contributed by atoms with E-state index in [0.29, 0.717) is 37.4 Å². The first-order valence-corrected chi connectivity index (χ1v) is 6.92. The van der Waals surface area contributed by atoms with E-state index >= 15 is 0 Å². The molecule has 0 bridgehead atoms. The smallest absolute Gasteiger partial charge is 0.313 e. The van der Waals surface area contributed by atoms with Gasteiger partial charge in [-0.3, -0.25) is 19.2 Å². The minimum Gasteiger partial charge on any atom is -0.342 e. The molecule has 2 rings (SSSR count). The number of piperazine rings is 1. The van der Waals surface area contributed by atoms with E-state index < -0.39 is 11.8 Å². The summed E-state index contributed by atoms with van der Waals surface area (Å²) < 4.78 is 0. The van der Waals surface area contributed by atoms with Crippen LogP contribution in [0.2, 0.25) is 0 Å². The molecule has 1 saturated heterocycles. The van der Waals surface area contributed by atoms with Gasteiger partial charge in [0, 0.05) is 37.4 Å². The van der Waals surface area contributed by atoms with E-state index in [1.807, 2.05) is 0 Å². The Labute approximate surface area is 127 Å². The second-order valence-corrected chi connectivity index (χ2v) is 5.02. The van der Waals surface area contributed by atoms with Crippen molar-refractivity contribution in [2.24, 2.45) is 0 Å². The SMILES string of the molecule is CC(=O)c1ccc(NC(=O)C(=O)N2CCN(C=O)CC2)cc1. The van der Waals surface area contributed by atoms with Crippen molar-refractivity contribution < 1.29 is 19.2 Å². The maximum atomic E-state index is 12.0. The summed E-state index contributed by atoms with van der Waals surface area (Å²) in [6.07, 6.45) is 0.735. The minimum atomic E-state index is -0.727. The molecule has 0 atom stereocenters. The van der Waals surface area contributed by atoms with Gasteiger partial charge in [-0.1, -0.05) is 0 Å². The molecule has 3 amide bonds. The molecule has 0 saturated carbocycles. The molecule has 1 aliphatic rings. The number of ketones is 1. The molecule has 22 heavy (non-hydrogen) atoms. The lowest BCUT2D eigenvalue weighted by Gasteiger charge is -2.31. The number of benzene rings is 1. The van der Waals surface area contributed by atoms with Crippen LogP contribution < -0.4 is 5.32 Å². The molecular weight excluding hydrogens is 286 g/mol. The van der Waals surface area contributed by atoms with Gasteiger partial charge in [-0.05, 0) is 31.2 Å². The third-order valence-corrected chi connectivity index (χ3v) is 3.49. The van der Waals surface area contributed by atoms with E-state index in [4.69, 9.17) is 0 Å². The molecule has 116 valence electrons. The number of hydrogen-bond donors (Lipinski definition) is 1. The minimum absolute atomic E-state index is 0.0676. The van der Waals surface area contributed by atoms with Crippen molar-refractivity contribution in [1.29, 1.82) is 0 Å². The molecule has 0 radical (unpaired) electrons. The summed E-state index contributed by atoms with van der Waals surface area (Å²) in [5, 5.41) is 2.51. The van der Waals surface area contributed by atoms with Crippen LogP contribution in [0.4, 0.5) is 5.69 Å². The highest BCUT2D eigenvalue weighted by Crippen LogP contribution is 2.10. The number of rotatable bonds is 3. The predicted molar refractivity (Wildman–Crippen MR) is 79.3 cm³/mol. The molecule has 1 aromatic rings. The first-order chi connectivity index (χ1) is 10.5. The van der Waals surface area contributed by atoms with Crippen molar-refractivity contribution in [3.63, 3.8) is 0 Å². The number of carbonyl (C=O) groups excluding carboxylic acids is 4. The summed E-state index contributed by atoms with van der Waals surface area (Å²) in [4.78, 5) is 48.7. The van der Waals surface area contributed by atoms with Crippen LogP contribution in [-0.2, 0) is 14.4 Å². The van der Waals surface area contributed by atoms with E-state index in [1.54, 1.807) is 29.2 Å². The quantitative estimate of drug-likeness (QED) is 0.488. The third-order valence-electron chi connectivity index (χ3n) is 3.49. The normalized spacial score (nSPS) is 14.4. The zero-order chi connectivity index (χ0) is 16.1. The van der Waals surface area contributed by atoms with Crippen LogP contribution in [0.15, 0.2) is 24.3 Å². The van der Waals surface area contributed by atoms with Crippen molar-refractivity contribution in [2.45, 2.75) is 6.92 Å². The summed E-state index contributed by atoms with van der Waals surface area (Å²) in [6.45, 7) is 2.99. The average Bonchev–Trinajstić information content (AvgIpc) is 2.54. The molecule has 1 fully saturated rings. The number of nitrogens with one attached hydrogen (secondary N) is 1. The standard InChI is InChI=1S/C15H17N3O4/c1-11(20)12-2-4-13(5-3-12)16-14(21)15(22)18-8-6-17(10-19)7-9-18/h2-5,10H,6-9H2,1H3,(H,16,21). The molecule has 1 aromatic carbocycles. The Bertz CT molecular complexity index is 589. The average molecular weight is 303 g/mol. The summed E-state index contributed by atoms with van der Waals surface area (Å²) in [5.41, 5.74) is 0.990. The van der Waals surface area contributed by atoms with Gasteiger partial charge in [0.05, 0.1) is 0 Å². The Kier molecular flexibility index (Phi) is 4.88. The number of amides is 3. The summed E-state index contributed by atoms with van der Waals surface area (Å²) >= 11 is 0.